The van der Waals surface area contributed by atoms with E-state index in [1.807, 2.05) is 48.5 Å². The number of rotatable bonds is 11. The van der Waals surface area contributed by atoms with Crippen LogP contribution in [0.5, 0.6) is 5.75 Å². The molecular formula is C40H49F2N9O4. The zero-order valence-corrected chi connectivity index (χ0v) is 31.4. The van der Waals surface area contributed by atoms with Gasteiger partial charge in [0.25, 0.3) is 0 Å². The molecule has 4 fully saturated rings. The smallest absolute Gasteiger partial charge is 0.334 e. The van der Waals surface area contributed by atoms with Crippen LogP contribution in [0.25, 0.3) is 0 Å². The van der Waals surface area contributed by atoms with Crippen molar-refractivity contribution in [2.75, 3.05) is 63.8 Å². The van der Waals surface area contributed by atoms with E-state index < -0.39 is 59.4 Å². The number of carbonyl (C=O) groups excluding carboxylic acids is 3. The number of pyridine rings is 1. The number of fused-ring (bicyclic) bond motifs is 1. The lowest BCUT2D eigenvalue weighted by Crippen LogP contribution is -2.76. The number of anilines is 1. The van der Waals surface area contributed by atoms with Gasteiger partial charge in [0.15, 0.2) is 0 Å². The topological polar surface area (TPSA) is 119 Å². The molecule has 0 radical (unpaired) electrons. The molecule has 2 aromatic carbocycles. The van der Waals surface area contributed by atoms with Crippen molar-refractivity contribution in [2.24, 2.45) is 0 Å². The Morgan fingerprint density at radius 3 is 2.38 bits per heavy atom. The standard InChI is InChI=1S/C40H49F2N9O4/c1-4-13-49-26-38(53)50-35(20-32-33(41)18-31(52)19-34(32)42)39(54)48(25-37(50)51(49)40(55)43-21-28-9-6-5-7-10-28)22-29-11-8-12-36(44-29)47-23-30(24-47)46-16-14-45(15-17-46)27(2)3/h4-12,18-19,27,30,35,37,52H,1,13-17,20-26H2,2-3H3,(H,43,55)/t35-,37?/m0/s1. The van der Waals surface area contributed by atoms with Gasteiger partial charge in [0.05, 0.1) is 25.3 Å². The van der Waals surface area contributed by atoms with E-state index in [0.29, 0.717) is 17.8 Å². The van der Waals surface area contributed by atoms with Gasteiger partial charge in [0.1, 0.15) is 35.4 Å². The lowest BCUT2D eigenvalue weighted by atomic mass is 9.97. The van der Waals surface area contributed by atoms with E-state index >= 15 is 8.78 Å². The molecule has 4 aliphatic rings. The average molecular weight is 758 g/mol. The summed E-state index contributed by atoms with van der Waals surface area (Å²) in [7, 11) is 0. The van der Waals surface area contributed by atoms with Crippen molar-refractivity contribution in [1.82, 2.24) is 39.9 Å². The Bertz CT molecular complexity index is 1860. The summed E-state index contributed by atoms with van der Waals surface area (Å²) < 4.78 is 30.4. The fourth-order valence-corrected chi connectivity index (χ4v) is 8.10. The molecule has 13 nitrogen and oxygen atoms in total. The molecule has 7 rings (SSSR count). The molecule has 0 spiro atoms. The summed E-state index contributed by atoms with van der Waals surface area (Å²) in [6, 6.07) is 15.7. The lowest BCUT2D eigenvalue weighted by molar-refractivity contribution is -0.189. The summed E-state index contributed by atoms with van der Waals surface area (Å²) in [4.78, 5) is 57.3. The maximum absolute atomic E-state index is 15.2. The van der Waals surface area contributed by atoms with Gasteiger partial charge in [0, 0.05) is 88.6 Å². The van der Waals surface area contributed by atoms with E-state index in [9.17, 15) is 19.5 Å². The molecule has 15 heteroatoms. The Morgan fingerprint density at radius 2 is 1.71 bits per heavy atom. The molecule has 0 aliphatic carbocycles. The van der Waals surface area contributed by atoms with E-state index in [0.717, 1.165) is 62.8 Å². The van der Waals surface area contributed by atoms with Crippen molar-refractivity contribution in [3.63, 3.8) is 0 Å². The number of aromatic hydroxyl groups is 1. The Morgan fingerprint density at radius 1 is 1.00 bits per heavy atom. The van der Waals surface area contributed by atoms with Crippen molar-refractivity contribution in [3.05, 3.63) is 102 Å². The summed E-state index contributed by atoms with van der Waals surface area (Å²) >= 11 is 0. The van der Waals surface area contributed by atoms with Crippen LogP contribution in [0.2, 0.25) is 0 Å². The molecule has 4 amide bonds. The number of amides is 4. The molecule has 2 N–H and O–H groups in total. The second-order valence-corrected chi connectivity index (χ2v) is 14.9. The number of phenolic OH excluding ortho intramolecular Hbond substituents is 1. The van der Waals surface area contributed by atoms with E-state index in [-0.39, 0.29) is 32.7 Å². The first-order valence-electron chi connectivity index (χ1n) is 18.9. The molecule has 3 aromatic rings. The van der Waals surface area contributed by atoms with E-state index in [4.69, 9.17) is 4.98 Å². The van der Waals surface area contributed by atoms with E-state index in [2.05, 4.69) is 40.4 Å². The normalized spacial score (nSPS) is 21.5. The van der Waals surface area contributed by atoms with Crippen LogP contribution in [0.15, 0.2) is 73.3 Å². The van der Waals surface area contributed by atoms with Crippen LogP contribution in [0.1, 0.15) is 30.7 Å². The summed E-state index contributed by atoms with van der Waals surface area (Å²) in [5.74, 6) is -2.91. The van der Waals surface area contributed by atoms with Gasteiger partial charge in [-0.2, -0.15) is 0 Å². The highest BCUT2D eigenvalue weighted by Crippen LogP contribution is 2.32. The number of hydrazine groups is 1. The monoisotopic (exact) mass is 757 g/mol. The lowest BCUT2D eigenvalue weighted by Gasteiger charge is -2.55. The molecule has 0 bridgehead atoms. The van der Waals surface area contributed by atoms with E-state index in [1.54, 1.807) is 11.1 Å². The quantitative estimate of drug-likeness (QED) is 0.285. The zero-order chi connectivity index (χ0) is 38.8. The molecule has 4 saturated heterocycles. The minimum absolute atomic E-state index is 0.0393. The summed E-state index contributed by atoms with van der Waals surface area (Å²) in [6.07, 6.45) is 0.0508. The predicted molar refractivity (Wildman–Crippen MR) is 202 cm³/mol. The fourth-order valence-electron chi connectivity index (χ4n) is 8.10. The predicted octanol–water partition coefficient (Wildman–Crippen LogP) is 3.02. The minimum atomic E-state index is -1.36. The summed E-state index contributed by atoms with van der Waals surface area (Å²) in [5, 5.41) is 15.7. The number of hydrogen-bond acceptors (Lipinski definition) is 9. The van der Waals surface area contributed by atoms with Crippen LogP contribution >= 0.6 is 0 Å². The molecule has 1 unspecified atom stereocenters. The number of nitrogens with zero attached hydrogens (tertiary/aromatic N) is 8. The van der Waals surface area contributed by atoms with Gasteiger partial charge >= 0.3 is 6.03 Å². The molecule has 2 atom stereocenters. The molecule has 292 valence electrons. The summed E-state index contributed by atoms with van der Waals surface area (Å²) in [6.45, 7) is 14.2. The average Bonchev–Trinajstić information content (AvgIpc) is 3.14. The highest BCUT2D eigenvalue weighted by atomic mass is 19.1. The Hall–Kier alpha value is -5.12. The van der Waals surface area contributed by atoms with Crippen LogP contribution in [0, 0.1) is 11.6 Å². The largest absolute Gasteiger partial charge is 0.508 e. The first kappa shape index (κ1) is 38.2. The number of urea groups is 1. The van der Waals surface area contributed by atoms with Gasteiger partial charge in [-0.05, 0) is 31.5 Å². The van der Waals surface area contributed by atoms with Crippen molar-refractivity contribution in [1.29, 1.82) is 0 Å². The molecular weight excluding hydrogens is 708 g/mol. The molecule has 0 saturated carbocycles. The number of hydrogen-bond donors (Lipinski definition) is 2. The molecule has 55 heavy (non-hydrogen) atoms. The van der Waals surface area contributed by atoms with Gasteiger partial charge in [-0.25, -0.2) is 28.6 Å². The SMILES string of the molecule is C=CCN1CC(=O)N2C(CN(Cc3cccc(N4CC(N5CCN(C(C)C)CC5)C4)n3)C(=O)[C@@H]2Cc2c(F)cc(O)cc2F)N1C(=O)NCc1ccccc1. The number of benzene rings is 2. The highest BCUT2D eigenvalue weighted by Gasteiger charge is 2.51. The Balaban J connectivity index is 1.14. The van der Waals surface area contributed by atoms with Gasteiger partial charge in [0.2, 0.25) is 11.8 Å². The van der Waals surface area contributed by atoms with Gasteiger partial charge < -0.3 is 25.1 Å². The Kier molecular flexibility index (Phi) is 11.3. The Labute approximate surface area is 320 Å². The van der Waals surface area contributed by atoms with Crippen LogP contribution < -0.4 is 10.2 Å². The third kappa shape index (κ3) is 8.14. The molecule has 4 aliphatic heterocycles. The number of phenols is 1. The van der Waals surface area contributed by atoms with Crippen LogP contribution in [-0.2, 0) is 29.1 Å². The third-order valence-corrected chi connectivity index (χ3v) is 11.1. The number of piperazine rings is 2. The second kappa shape index (κ2) is 16.3. The van der Waals surface area contributed by atoms with Crippen molar-refractivity contribution in [3.8, 4) is 5.75 Å². The van der Waals surface area contributed by atoms with Gasteiger partial charge in [-0.15, -0.1) is 6.58 Å². The number of carbonyl (C=O) groups is 3. The van der Waals surface area contributed by atoms with Crippen molar-refractivity contribution < 1.29 is 28.3 Å². The van der Waals surface area contributed by atoms with Gasteiger partial charge in [-0.1, -0.05) is 42.5 Å². The second-order valence-electron chi connectivity index (χ2n) is 14.9. The fraction of sp³-hybridized carbons (Fsp3) is 0.450. The summed E-state index contributed by atoms with van der Waals surface area (Å²) in [5.41, 5.74) is 1.01. The first-order valence-corrected chi connectivity index (χ1v) is 18.9. The third-order valence-electron chi connectivity index (χ3n) is 11.1. The first-order chi connectivity index (χ1) is 26.5. The van der Waals surface area contributed by atoms with E-state index in [1.165, 1.54) is 14.8 Å². The van der Waals surface area contributed by atoms with Crippen molar-refractivity contribution in [2.45, 2.75) is 57.6 Å². The number of aromatic nitrogens is 1. The van der Waals surface area contributed by atoms with Crippen molar-refractivity contribution >= 4 is 23.7 Å². The minimum Gasteiger partial charge on any atom is -0.508 e. The van der Waals surface area contributed by atoms with Crippen LogP contribution in [0.4, 0.5) is 19.4 Å². The van der Waals surface area contributed by atoms with Crippen LogP contribution in [-0.4, -0.2) is 141 Å². The number of nitrogens with one attached hydrogen (secondary N) is 1. The van der Waals surface area contributed by atoms with Gasteiger partial charge in [-0.3, -0.25) is 19.4 Å². The number of halogens is 2. The maximum atomic E-state index is 15.2. The molecule has 1 aromatic heterocycles. The zero-order valence-electron chi connectivity index (χ0n) is 31.4. The highest BCUT2D eigenvalue weighted by molar-refractivity contribution is 5.91. The maximum Gasteiger partial charge on any atom is 0.334 e. The molecule has 5 heterocycles. The van der Waals surface area contributed by atoms with Crippen LogP contribution in [0.3, 0.4) is 0 Å².